The van der Waals surface area contributed by atoms with Crippen LogP contribution in [-0.4, -0.2) is 11.8 Å². The number of anilines is 2. The summed E-state index contributed by atoms with van der Waals surface area (Å²) in [6.07, 6.45) is 1.43. The van der Waals surface area contributed by atoms with Crippen LogP contribution in [0.2, 0.25) is 0 Å². The third kappa shape index (κ3) is 4.54. The molecule has 1 heterocycles. The molecule has 0 aliphatic carbocycles. The zero-order valence-corrected chi connectivity index (χ0v) is 18.4. The molecule has 0 bridgehead atoms. The van der Waals surface area contributed by atoms with Crippen molar-refractivity contribution in [3.05, 3.63) is 78.6 Å². The van der Waals surface area contributed by atoms with E-state index in [2.05, 4.69) is 65.1 Å². The third-order valence-electron chi connectivity index (χ3n) is 3.36. The molecule has 2 N–H and O–H groups in total. The van der Waals surface area contributed by atoms with E-state index in [-0.39, 0.29) is 17.6 Å². The minimum atomic E-state index is -0.357. The fraction of sp³-hybridized carbons (Fsp3) is 0. The van der Waals surface area contributed by atoms with E-state index < -0.39 is 0 Å². The predicted octanol–water partition coefficient (Wildman–Crippen LogP) is 5.91. The fourth-order valence-electron chi connectivity index (χ4n) is 2.19. The molecule has 5 nitrogen and oxygen atoms in total. The Bertz CT molecular complexity index is 975. The van der Waals surface area contributed by atoms with Crippen LogP contribution in [0.3, 0.4) is 0 Å². The molecule has 0 fully saturated rings. The lowest BCUT2D eigenvalue weighted by atomic mass is 10.2. The maximum atomic E-state index is 12.6. The van der Waals surface area contributed by atoms with Crippen molar-refractivity contribution < 1.29 is 14.0 Å². The van der Waals surface area contributed by atoms with Crippen molar-refractivity contribution in [3.63, 3.8) is 0 Å². The van der Waals surface area contributed by atoms with Crippen LogP contribution in [0, 0.1) is 3.57 Å². The zero-order valence-electron chi connectivity index (χ0n) is 13.1. The van der Waals surface area contributed by atoms with Gasteiger partial charge in [-0.05, 0) is 81.0 Å². The minimum Gasteiger partial charge on any atom is -0.459 e. The Kier molecular flexibility index (Phi) is 6.15. The summed E-state index contributed by atoms with van der Waals surface area (Å²) in [4.78, 5) is 24.6. The van der Waals surface area contributed by atoms with Crippen molar-refractivity contribution in [1.82, 2.24) is 0 Å². The molecule has 2 aromatic carbocycles. The van der Waals surface area contributed by atoms with E-state index in [0.717, 1.165) is 12.5 Å². The summed E-state index contributed by atoms with van der Waals surface area (Å²) in [6, 6.07) is 13.8. The maximum Gasteiger partial charge on any atom is 0.291 e. The lowest BCUT2D eigenvalue weighted by molar-refractivity contribution is 0.0995. The van der Waals surface area contributed by atoms with Gasteiger partial charge in [0.15, 0.2) is 5.76 Å². The first-order chi connectivity index (χ1) is 12.4. The van der Waals surface area contributed by atoms with Gasteiger partial charge >= 0.3 is 0 Å². The second-order valence-electron chi connectivity index (χ2n) is 5.22. The highest BCUT2D eigenvalue weighted by Crippen LogP contribution is 2.28. The number of carbonyl (C=O) groups excluding carboxylic acids is 2. The van der Waals surface area contributed by atoms with Gasteiger partial charge in [-0.3, -0.25) is 9.59 Å². The lowest BCUT2D eigenvalue weighted by Gasteiger charge is -2.10. The Morgan fingerprint density at radius 1 is 0.923 bits per heavy atom. The molecule has 26 heavy (non-hydrogen) atoms. The molecular weight excluding hydrogens is 579 g/mol. The smallest absolute Gasteiger partial charge is 0.291 e. The van der Waals surface area contributed by atoms with Crippen LogP contribution in [-0.2, 0) is 0 Å². The average molecular weight is 590 g/mol. The largest absolute Gasteiger partial charge is 0.459 e. The Morgan fingerprint density at radius 2 is 1.62 bits per heavy atom. The standard InChI is InChI=1S/C18H11Br2IN2O3/c19-10-7-13(16(21)14(20)8-10)17(24)22-11-3-1-4-12(9-11)23-18(25)15-5-2-6-26-15/h1-9H,(H,22,24)(H,23,25). The maximum absolute atomic E-state index is 12.6. The molecule has 8 heteroatoms. The van der Waals surface area contributed by atoms with Gasteiger partial charge in [-0.25, -0.2) is 0 Å². The van der Waals surface area contributed by atoms with E-state index in [1.807, 2.05) is 6.07 Å². The first-order valence-corrected chi connectivity index (χ1v) is 10.0. The number of halogens is 3. The molecule has 0 radical (unpaired) electrons. The van der Waals surface area contributed by atoms with Crippen LogP contribution in [0.1, 0.15) is 20.9 Å². The molecule has 0 saturated carbocycles. The van der Waals surface area contributed by atoms with Crippen molar-refractivity contribution in [2.45, 2.75) is 0 Å². The Labute approximate surface area is 179 Å². The van der Waals surface area contributed by atoms with E-state index in [4.69, 9.17) is 4.42 Å². The van der Waals surface area contributed by atoms with Crippen LogP contribution < -0.4 is 10.6 Å². The van der Waals surface area contributed by atoms with E-state index in [9.17, 15) is 9.59 Å². The zero-order chi connectivity index (χ0) is 18.7. The lowest BCUT2D eigenvalue weighted by Crippen LogP contribution is -2.15. The number of amides is 2. The first-order valence-electron chi connectivity index (χ1n) is 7.35. The second kappa shape index (κ2) is 8.36. The predicted molar refractivity (Wildman–Crippen MR) is 116 cm³/mol. The molecule has 3 rings (SSSR count). The van der Waals surface area contributed by atoms with Crippen LogP contribution in [0.5, 0.6) is 0 Å². The molecule has 0 aliphatic rings. The van der Waals surface area contributed by atoms with Gasteiger partial charge in [0.2, 0.25) is 0 Å². The summed E-state index contributed by atoms with van der Waals surface area (Å²) in [5.74, 6) is -0.386. The highest BCUT2D eigenvalue weighted by atomic mass is 127. The Balaban J connectivity index is 1.77. The van der Waals surface area contributed by atoms with Gasteiger partial charge < -0.3 is 15.1 Å². The summed E-state index contributed by atoms with van der Waals surface area (Å²) < 4.78 is 7.51. The van der Waals surface area contributed by atoms with Gasteiger partial charge in [0.05, 0.1) is 11.8 Å². The molecule has 0 aliphatic heterocycles. The molecule has 132 valence electrons. The summed E-state index contributed by atoms with van der Waals surface area (Å²) in [5.41, 5.74) is 1.66. The van der Waals surface area contributed by atoms with Crippen LogP contribution in [0.4, 0.5) is 11.4 Å². The second-order valence-corrected chi connectivity index (χ2v) is 8.06. The minimum absolute atomic E-state index is 0.216. The van der Waals surface area contributed by atoms with E-state index in [0.29, 0.717) is 16.9 Å². The quantitative estimate of drug-likeness (QED) is 0.293. The Morgan fingerprint density at radius 3 is 2.27 bits per heavy atom. The normalized spacial score (nSPS) is 10.4. The molecule has 0 saturated heterocycles. The van der Waals surface area contributed by atoms with Gasteiger partial charge in [0.1, 0.15) is 0 Å². The molecule has 2 amide bonds. The number of benzene rings is 2. The first kappa shape index (κ1) is 19.1. The molecular formula is C18H11Br2IN2O3. The molecule has 1 aromatic heterocycles. The van der Waals surface area contributed by atoms with Crippen molar-refractivity contribution in [2.24, 2.45) is 0 Å². The average Bonchev–Trinajstić information content (AvgIpc) is 3.13. The Hall–Kier alpha value is -1.65. The monoisotopic (exact) mass is 588 g/mol. The summed E-state index contributed by atoms with van der Waals surface area (Å²) >= 11 is 8.94. The van der Waals surface area contributed by atoms with Gasteiger partial charge in [0.25, 0.3) is 11.8 Å². The van der Waals surface area contributed by atoms with Gasteiger partial charge in [-0.1, -0.05) is 22.0 Å². The number of carbonyl (C=O) groups is 2. The van der Waals surface area contributed by atoms with E-state index in [1.54, 1.807) is 42.5 Å². The third-order valence-corrected chi connectivity index (χ3v) is 6.35. The van der Waals surface area contributed by atoms with Crippen molar-refractivity contribution in [1.29, 1.82) is 0 Å². The van der Waals surface area contributed by atoms with Crippen molar-refractivity contribution in [3.8, 4) is 0 Å². The molecule has 0 unspecified atom stereocenters. The van der Waals surface area contributed by atoms with Crippen molar-refractivity contribution >= 4 is 77.6 Å². The fourth-order valence-corrected chi connectivity index (χ4v) is 3.98. The number of hydrogen-bond acceptors (Lipinski definition) is 3. The number of nitrogens with one attached hydrogen (secondary N) is 2. The number of rotatable bonds is 4. The highest BCUT2D eigenvalue weighted by Gasteiger charge is 2.15. The SMILES string of the molecule is O=C(Nc1cccc(NC(=O)c2cc(Br)cc(Br)c2I)c1)c1ccco1. The van der Waals surface area contributed by atoms with E-state index >= 15 is 0 Å². The van der Waals surface area contributed by atoms with Crippen LogP contribution in [0.25, 0.3) is 0 Å². The van der Waals surface area contributed by atoms with E-state index in [1.165, 1.54) is 6.26 Å². The van der Waals surface area contributed by atoms with Crippen LogP contribution >= 0.6 is 54.5 Å². The van der Waals surface area contributed by atoms with Crippen LogP contribution in [0.15, 0.2) is 68.2 Å². The number of hydrogen-bond donors (Lipinski definition) is 2. The number of furan rings is 1. The van der Waals surface area contributed by atoms with Gasteiger partial charge in [-0.15, -0.1) is 0 Å². The summed E-state index contributed by atoms with van der Waals surface area (Å²) in [5, 5.41) is 5.57. The van der Waals surface area contributed by atoms with Gasteiger partial charge in [0, 0.05) is 23.9 Å². The van der Waals surface area contributed by atoms with Gasteiger partial charge in [-0.2, -0.15) is 0 Å². The molecule has 0 spiro atoms. The summed E-state index contributed by atoms with van der Waals surface area (Å²) in [7, 11) is 0. The topological polar surface area (TPSA) is 71.3 Å². The summed E-state index contributed by atoms with van der Waals surface area (Å²) in [6.45, 7) is 0. The molecule has 0 atom stereocenters. The molecule has 3 aromatic rings. The highest BCUT2D eigenvalue weighted by molar-refractivity contribution is 14.1. The van der Waals surface area contributed by atoms with Crippen molar-refractivity contribution in [2.75, 3.05) is 10.6 Å².